The lowest BCUT2D eigenvalue weighted by molar-refractivity contribution is -0.135. The molecule has 1 aromatic rings. The van der Waals surface area contributed by atoms with Gasteiger partial charge in [-0.05, 0) is 25.1 Å². The van der Waals surface area contributed by atoms with Gasteiger partial charge >= 0.3 is 5.97 Å². The van der Waals surface area contributed by atoms with Gasteiger partial charge in [0.1, 0.15) is 0 Å². The largest absolute Gasteiger partial charge is 0.460 e. The summed E-state index contributed by atoms with van der Waals surface area (Å²) in [7, 11) is 0. The third kappa shape index (κ3) is 2.05. The highest BCUT2D eigenvalue weighted by Crippen LogP contribution is 2.27. The number of hydrogen-bond donors (Lipinski definition) is 0. The number of benzene rings is 1. The summed E-state index contributed by atoms with van der Waals surface area (Å²) in [4.78, 5) is 18.0. The fraction of sp³-hybridized carbons (Fsp3) is 0.214. The molecule has 0 radical (unpaired) electrons. The first-order valence-electron chi connectivity index (χ1n) is 6.39. The average molecular weight is 270 g/mol. The Labute approximate surface area is 116 Å². The van der Waals surface area contributed by atoms with Crippen molar-refractivity contribution in [2.45, 2.75) is 13.2 Å². The zero-order valence-corrected chi connectivity index (χ0v) is 11.0. The Morgan fingerprint density at radius 1 is 1.35 bits per heavy atom. The van der Waals surface area contributed by atoms with Gasteiger partial charge in [0, 0.05) is 12.4 Å². The van der Waals surface area contributed by atoms with Crippen LogP contribution in [0.3, 0.4) is 0 Å². The van der Waals surface area contributed by atoms with Crippen LogP contribution < -0.4 is 5.01 Å². The lowest BCUT2D eigenvalue weighted by Crippen LogP contribution is -2.41. The molecular weight excluding hydrogens is 256 g/mol. The van der Waals surface area contributed by atoms with Crippen LogP contribution in [0.2, 0.25) is 0 Å². The molecule has 0 aromatic heterocycles. The second-order valence-corrected chi connectivity index (χ2v) is 4.22. The van der Waals surface area contributed by atoms with Crippen LogP contribution in [0.15, 0.2) is 52.7 Å². The SMILES string of the molecule is CCOC(=O)C1=NN(c2ccccc2)C2N=CC=CN12. The van der Waals surface area contributed by atoms with Crippen molar-refractivity contribution >= 4 is 23.7 Å². The number of amidine groups is 1. The van der Waals surface area contributed by atoms with E-state index in [-0.39, 0.29) is 12.1 Å². The summed E-state index contributed by atoms with van der Waals surface area (Å²) in [5, 5.41) is 6.06. The van der Waals surface area contributed by atoms with Crippen molar-refractivity contribution in [3.8, 4) is 0 Å². The van der Waals surface area contributed by atoms with E-state index in [1.807, 2.05) is 30.3 Å². The van der Waals surface area contributed by atoms with Crippen LogP contribution >= 0.6 is 0 Å². The molecule has 0 N–H and O–H groups in total. The molecule has 0 amide bonds. The lowest BCUT2D eigenvalue weighted by Gasteiger charge is -2.27. The number of allylic oxidation sites excluding steroid dienone is 1. The zero-order chi connectivity index (χ0) is 13.9. The van der Waals surface area contributed by atoms with Crippen molar-refractivity contribution in [2.24, 2.45) is 10.1 Å². The van der Waals surface area contributed by atoms with Crippen LogP contribution in [0.4, 0.5) is 5.69 Å². The number of carbonyl (C=O) groups excluding carboxylic acids is 1. The lowest BCUT2D eigenvalue weighted by atomic mass is 10.3. The third-order valence-corrected chi connectivity index (χ3v) is 2.95. The number of para-hydroxylation sites is 1. The van der Waals surface area contributed by atoms with Crippen LogP contribution in [-0.4, -0.2) is 35.8 Å². The van der Waals surface area contributed by atoms with Crippen molar-refractivity contribution in [3.63, 3.8) is 0 Å². The second-order valence-electron chi connectivity index (χ2n) is 4.22. The number of hydrogen-bond acceptors (Lipinski definition) is 6. The molecule has 2 aliphatic heterocycles. The van der Waals surface area contributed by atoms with Gasteiger partial charge in [-0.1, -0.05) is 18.2 Å². The number of esters is 1. The van der Waals surface area contributed by atoms with E-state index >= 15 is 0 Å². The van der Waals surface area contributed by atoms with E-state index in [9.17, 15) is 4.79 Å². The molecule has 2 heterocycles. The van der Waals surface area contributed by atoms with Crippen LogP contribution in [-0.2, 0) is 9.53 Å². The molecule has 1 atom stereocenters. The maximum Gasteiger partial charge on any atom is 0.376 e. The summed E-state index contributed by atoms with van der Waals surface area (Å²) in [6.07, 6.45) is 4.86. The molecule has 0 saturated heterocycles. The molecule has 3 rings (SSSR count). The predicted molar refractivity (Wildman–Crippen MR) is 76.2 cm³/mol. The minimum Gasteiger partial charge on any atom is -0.460 e. The highest BCUT2D eigenvalue weighted by atomic mass is 16.5. The fourth-order valence-electron chi connectivity index (χ4n) is 2.09. The second kappa shape index (κ2) is 5.16. The van der Waals surface area contributed by atoms with Gasteiger partial charge in [0.05, 0.1) is 12.3 Å². The minimum absolute atomic E-state index is 0.244. The Kier molecular flexibility index (Phi) is 3.20. The Hall–Kier alpha value is -2.63. The van der Waals surface area contributed by atoms with Crippen molar-refractivity contribution < 1.29 is 9.53 Å². The number of carbonyl (C=O) groups is 1. The van der Waals surface area contributed by atoms with Gasteiger partial charge in [0.25, 0.3) is 0 Å². The summed E-state index contributed by atoms with van der Waals surface area (Å²) in [6, 6.07) is 9.60. The Balaban J connectivity index is 1.96. The topological polar surface area (TPSA) is 57.5 Å². The van der Waals surface area contributed by atoms with Gasteiger partial charge in [-0.15, -0.1) is 5.10 Å². The number of aliphatic imine (C=N–C) groups is 1. The number of fused-ring (bicyclic) bond motifs is 1. The molecule has 6 heteroatoms. The average Bonchev–Trinajstić information content (AvgIpc) is 2.88. The first-order valence-corrected chi connectivity index (χ1v) is 6.39. The number of hydrazone groups is 1. The molecular formula is C14H14N4O2. The van der Waals surface area contributed by atoms with Crippen molar-refractivity contribution in [3.05, 3.63) is 42.6 Å². The normalized spacial score (nSPS) is 19.9. The summed E-state index contributed by atoms with van der Waals surface area (Å²) in [5.41, 5.74) is 0.870. The molecule has 0 bridgehead atoms. The van der Waals surface area contributed by atoms with E-state index < -0.39 is 5.97 Å². The molecule has 20 heavy (non-hydrogen) atoms. The summed E-state index contributed by atoms with van der Waals surface area (Å²) >= 11 is 0. The molecule has 0 fully saturated rings. The standard InChI is InChI=1S/C14H14N4O2/c1-2-20-13(19)12-16-18(11-7-4-3-5-8-11)14-15-9-6-10-17(12)14/h3-10,14H,2H2,1H3. The fourth-order valence-corrected chi connectivity index (χ4v) is 2.09. The zero-order valence-electron chi connectivity index (χ0n) is 11.0. The maximum absolute atomic E-state index is 12.0. The van der Waals surface area contributed by atoms with E-state index in [2.05, 4.69) is 10.1 Å². The van der Waals surface area contributed by atoms with Gasteiger partial charge in [-0.3, -0.25) is 4.90 Å². The van der Waals surface area contributed by atoms with Crippen LogP contribution in [0.1, 0.15) is 6.92 Å². The van der Waals surface area contributed by atoms with Crippen LogP contribution in [0.25, 0.3) is 0 Å². The highest BCUT2D eigenvalue weighted by Gasteiger charge is 2.38. The Morgan fingerprint density at radius 2 is 2.15 bits per heavy atom. The third-order valence-electron chi connectivity index (χ3n) is 2.95. The van der Waals surface area contributed by atoms with E-state index in [4.69, 9.17) is 4.74 Å². The van der Waals surface area contributed by atoms with E-state index in [1.165, 1.54) is 0 Å². The Bertz CT molecular complexity index is 594. The van der Waals surface area contributed by atoms with Gasteiger partial charge in [0.2, 0.25) is 12.1 Å². The number of rotatable bonds is 3. The van der Waals surface area contributed by atoms with E-state index in [0.717, 1.165) is 5.69 Å². The molecule has 0 spiro atoms. The van der Waals surface area contributed by atoms with E-state index in [1.54, 1.807) is 35.3 Å². The molecule has 2 aliphatic rings. The quantitative estimate of drug-likeness (QED) is 0.782. The van der Waals surface area contributed by atoms with Crippen LogP contribution in [0.5, 0.6) is 0 Å². The highest BCUT2D eigenvalue weighted by molar-refractivity contribution is 6.36. The minimum atomic E-state index is -0.447. The first kappa shape index (κ1) is 12.4. The number of ether oxygens (including phenoxy) is 1. The van der Waals surface area contributed by atoms with Gasteiger partial charge < -0.3 is 4.74 Å². The maximum atomic E-state index is 12.0. The van der Waals surface area contributed by atoms with Crippen molar-refractivity contribution in [2.75, 3.05) is 11.6 Å². The molecule has 0 aliphatic carbocycles. The first-order chi connectivity index (χ1) is 9.81. The number of anilines is 1. The van der Waals surface area contributed by atoms with Crippen LogP contribution in [0, 0.1) is 0 Å². The van der Waals surface area contributed by atoms with E-state index in [0.29, 0.717) is 6.61 Å². The smallest absolute Gasteiger partial charge is 0.376 e. The predicted octanol–water partition coefficient (Wildman–Crippen LogP) is 1.57. The Morgan fingerprint density at radius 3 is 2.90 bits per heavy atom. The monoisotopic (exact) mass is 270 g/mol. The van der Waals surface area contributed by atoms with Gasteiger partial charge in [-0.2, -0.15) is 0 Å². The summed E-state index contributed by atoms with van der Waals surface area (Å²) in [5.74, 6) is -0.202. The van der Waals surface area contributed by atoms with Crippen molar-refractivity contribution in [1.29, 1.82) is 0 Å². The number of nitrogens with zero attached hydrogens (tertiary/aromatic N) is 4. The summed E-state index contributed by atoms with van der Waals surface area (Å²) < 4.78 is 5.04. The molecule has 0 saturated carbocycles. The van der Waals surface area contributed by atoms with Gasteiger partial charge in [-0.25, -0.2) is 14.8 Å². The summed E-state index contributed by atoms with van der Waals surface area (Å²) in [6.45, 7) is 2.08. The molecule has 102 valence electrons. The molecule has 1 aromatic carbocycles. The molecule has 1 unspecified atom stereocenters. The van der Waals surface area contributed by atoms with Crippen molar-refractivity contribution in [1.82, 2.24) is 4.90 Å². The van der Waals surface area contributed by atoms with Gasteiger partial charge in [0.15, 0.2) is 0 Å². The molecule has 6 nitrogen and oxygen atoms in total.